The number of para-hydroxylation sites is 1. The van der Waals surface area contributed by atoms with Gasteiger partial charge in [-0.2, -0.15) is 8.78 Å². The summed E-state index contributed by atoms with van der Waals surface area (Å²) in [6.07, 6.45) is -3.79. The first-order chi connectivity index (χ1) is 9.34. The third kappa shape index (κ3) is 3.40. The molecular weight excluding hydrogens is 278 g/mol. The van der Waals surface area contributed by atoms with E-state index in [0.29, 0.717) is 11.3 Å². The van der Waals surface area contributed by atoms with Crippen molar-refractivity contribution in [2.75, 3.05) is 7.11 Å². The van der Waals surface area contributed by atoms with Crippen LogP contribution in [0.5, 0.6) is 5.75 Å². The molecule has 1 amide bonds. The summed E-state index contributed by atoms with van der Waals surface area (Å²) in [5.74, 6) is -6.32. The highest BCUT2D eigenvalue weighted by Crippen LogP contribution is 2.29. The molecular formula is C13H15F4NO2. The smallest absolute Gasteiger partial charge is 0.383 e. The molecule has 0 saturated carbocycles. The summed E-state index contributed by atoms with van der Waals surface area (Å²) in [6.45, 7) is 1.64. The van der Waals surface area contributed by atoms with Gasteiger partial charge in [-0.25, -0.2) is 8.78 Å². The van der Waals surface area contributed by atoms with Gasteiger partial charge in [0.2, 0.25) is 0 Å². The summed E-state index contributed by atoms with van der Waals surface area (Å²) in [5.41, 5.74) is 0.455. The molecule has 0 heterocycles. The zero-order valence-corrected chi connectivity index (χ0v) is 11.0. The highest BCUT2D eigenvalue weighted by molar-refractivity contribution is 5.84. The Balaban J connectivity index is 2.96. The number of carbonyl (C=O) groups excluding carboxylic acids is 1. The quantitative estimate of drug-likeness (QED) is 0.818. The Bertz CT molecular complexity index is 465. The maximum atomic E-state index is 12.9. The van der Waals surface area contributed by atoms with Crippen molar-refractivity contribution in [2.24, 2.45) is 0 Å². The standard InChI is InChI=1S/C13H15F4NO2/c1-3-9(8-6-4-5-7-10(8)20-2)18-12(19)13(16,17)11(14)15/h4-7,9,11H,3H2,1-2H3,(H,18,19). The lowest BCUT2D eigenvalue weighted by molar-refractivity contribution is -0.170. The summed E-state index contributed by atoms with van der Waals surface area (Å²) in [7, 11) is 1.39. The van der Waals surface area contributed by atoms with E-state index in [1.165, 1.54) is 7.11 Å². The average molecular weight is 293 g/mol. The van der Waals surface area contributed by atoms with Gasteiger partial charge in [0.25, 0.3) is 5.91 Å². The summed E-state index contributed by atoms with van der Waals surface area (Å²) >= 11 is 0. The molecule has 20 heavy (non-hydrogen) atoms. The van der Waals surface area contributed by atoms with Crippen LogP contribution in [-0.4, -0.2) is 25.4 Å². The van der Waals surface area contributed by atoms with Crippen molar-refractivity contribution in [3.63, 3.8) is 0 Å². The third-order valence-corrected chi connectivity index (χ3v) is 2.80. The molecule has 0 aliphatic rings. The molecule has 7 heteroatoms. The van der Waals surface area contributed by atoms with Crippen molar-refractivity contribution in [1.82, 2.24) is 5.32 Å². The van der Waals surface area contributed by atoms with Crippen LogP contribution < -0.4 is 10.1 Å². The number of methoxy groups -OCH3 is 1. The lowest BCUT2D eigenvalue weighted by Gasteiger charge is -2.22. The number of rotatable bonds is 6. The van der Waals surface area contributed by atoms with E-state index in [2.05, 4.69) is 0 Å². The van der Waals surface area contributed by atoms with Crippen LogP contribution in [0.1, 0.15) is 24.9 Å². The molecule has 0 bridgehead atoms. The second-order valence-corrected chi connectivity index (χ2v) is 4.10. The van der Waals surface area contributed by atoms with Crippen LogP contribution >= 0.6 is 0 Å². The van der Waals surface area contributed by atoms with Gasteiger partial charge in [0, 0.05) is 5.56 Å². The third-order valence-electron chi connectivity index (χ3n) is 2.80. The summed E-state index contributed by atoms with van der Waals surface area (Å²) < 4.78 is 55.2. The maximum absolute atomic E-state index is 12.9. The molecule has 112 valence electrons. The molecule has 0 aliphatic carbocycles. The largest absolute Gasteiger partial charge is 0.496 e. The molecule has 1 N–H and O–H groups in total. The Kier molecular flexibility index (Phi) is 5.35. The van der Waals surface area contributed by atoms with Gasteiger partial charge in [-0.3, -0.25) is 4.79 Å². The molecule has 0 aliphatic heterocycles. The second kappa shape index (κ2) is 6.58. The first-order valence-electron chi connectivity index (χ1n) is 5.94. The summed E-state index contributed by atoms with van der Waals surface area (Å²) in [5, 5.41) is 1.93. The molecule has 1 aromatic rings. The Morgan fingerprint density at radius 1 is 1.35 bits per heavy atom. The van der Waals surface area contributed by atoms with Crippen LogP contribution in [0.25, 0.3) is 0 Å². The number of hydrogen-bond donors (Lipinski definition) is 1. The predicted molar refractivity (Wildman–Crippen MR) is 65.1 cm³/mol. The van der Waals surface area contributed by atoms with E-state index in [9.17, 15) is 22.4 Å². The molecule has 1 atom stereocenters. The monoisotopic (exact) mass is 293 g/mol. The first kappa shape index (κ1) is 16.3. The van der Waals surface area contributed by atoms with Crippen LogP contribution in [0, 0.1) is 0 Å². The molecule has 3 nitrogen and oxygen atoms in total. The zero-order valence-electron chi connectivity index (χ0n) is 11.0. The average Bonchev–Trinajstić information content (AvgIpc) is 2.44. The van der Waals surface area contributed by atoms with Crippen molar-refractivity contribution >= 4 is 5.91 Å². The van der Waals surface area contributed by atoms with Gasteiger partial charge in [-0.15, -0.1) is 0 Å². The summed E-state index contributed by atoms with van der Waals surface area (Å²) in [6, 6.07) is 5.65. The van der Waals surface area contributed by atoms with Gasteiger partial charge >= 0.3 is 12.3 Å². The molecule has 1 unspecified atom stereocenters. The number of benzene rings is 1. The number of ether oxygens (including phenoxy) is 1. The molecule has 0 fully saturated rings. The normalized spacial score (nSPS) is 13.2. The fourth-order valence-electron chi connectivity index (χ4n) is 1.71. The van der Waals surface area contributed by atoms with Gasteiger partial charge in [-0.05, 0) is 12.5 Å². The van der Waals surface area contributed by atoms with Crippen molar-refractivity contribution < 1.29 is 27.1 Å². The second-order valence-electron chi connectivity index (χ2n) is 4.10. The van der Waals surface area contributed by atoms with E-state index in [-0.39, 0.29) is 6.42 Å². The molecule has 1 aromatic carbocycles. The maximum Gasteiger partial charge on any atom is 0.383 e. The van der Waals surface area contributed by atoms with Crippen LogP contribution in [-0.2, 0) is 4.79 Å². The minimum absolute atomic E-state index is 0.255. The minimum Gasteiger partial charge on any atom is -0.496 e. The molecule has 0 aromatic heterocycles. The number of carbonyl (C=O) groups is 1. The van der Waals surface area contributed by atoms with Crippen LogP contribution in [0.2, 0.25) is 0 Å². The number of hydrogen-bond acceptors (Lipinski definition) is 2. The molecule has 0 spiro atoms. The van der Waals surface area contributed by atoms with E-state index in [4.69, 9.17) is 4.74 Å². The fourth-order valence-corrected chi connectivity index (χ4v) is 1.71. The lowest BCUT2D eigenvalue weighted by Crippen LogP contribution is -2.46. The van der Waals surface area contributed by atoms with Crippen molar-refractivity contribution in [3.8, 4) is 5.75 Å². The highest BCUT2D eigenvalue weighted by Gasteiger charge is 2.49. The van der Waals surface area contributed by atoms with Crippen molar-refractivity contribution in [2.45, 2.75) is 31.7 Å². The number of amides is 1. The van der Waals surface area contributed by atoms with Gasteiger partial charge < -0.3 is 10.1 Å². The van der Waals surface area contributed by atoms with E-state index < -0.39 is 24.3 Å². The van der Waals surface area contributed by atoms with Crippen LogP contribution in [0.15, 0.2) is 24.3 Å². The molecule has 1 rings (SSSR count). The molecule has 0 radical (unpaired) electrons. The fraction of sp³-hybridized carbons (Fsp3) is 0.462. The van der Waals surface area contributed by atoms with Gasteiger partial charge in [-0.1, -0.05) is 25.1 Å². The lowest BCUT2D eigenvalue weighted by atomic mass is 10.0. The Hall–Kier alpha value is -1.79. The zero-order chi connectivity index (χ0) is 15.3. The van der Waals surface area contributed by atoms with Gasteiger partial charge in [0.1, 0.15) is 5.75 Å². The number of nitrogens with one attached hydrogen (secondary N) is 1. The van der Waals surface area contributed by atoms with E-state index in [1.54, 1.807) is 31.2 Å². The Labute approximate surface area is 113 Å². The SMILES string of the molecule is CCC(NC(=O)C(F)(F)C(F)F)c1ccccc1OC. The predicted octanol–water partition coefficient (Wildman–Crippen LogP) is 3.16. The summed E-state index contributed by atoms with van der Waals surface area (Å²) in [4.78, 5) is 11.3. The Morgan fingerprint density at radius 3 is 2.45 bits per heavy atom. The molecule has 0 saturated heterocycles. The van der Waals surface area contributed by atoms with E-state index in [0.717, 1.165) is 0 Å². The van der Waals surface area contributed by atoms with Crippen molar-refractivity contribution in [3.05, 3.63) is 29.8 Å². The first-order valence-corrected chi connectivity index (χ1v) is 5.94. The number of halogens is 4. The minimum atomic E-state index is -4.71. The Morgan fingerprint density at radius 2 is 1.95 bits per heavy atom. The van der Waals surface area contributed by atoms with E-state index in [1.807, 2.05) is 5.32 Å². The van der Waals surface area contributed by atoms with Crippen molar-refractivity contribution in [1.29, 1.82) is 0 Å². The van der Waals surface area contributed by atoms with Gasteiger partial charge in [0.15, 0.2) is 0 Å². The topological polar surface area (TPSA) is 38.3 Å². The van der Waals surface area contributed by atoms with Crippen LogP contribution in [0.4, 0.5) is 17.6 Å². The van der Waals surface area contributed by atoms with Gasteiger partial charge in [0.05, 0.1) is 13.2 Å². The van der Waals surface area contributed by atoms with Crippen LogP contribution in [0.3, 0.4) is 0 Å². The highest BCUT2D eigenvalue weighted by atomic mass is 19.3. The number of alkyl halides is 4. The van der Waals surface area contributed by atoms with E-state index >= 15 is 0 Å².